The number of carbonyl (C=O) groups is 1. The van der Waals surface area contributed by atoms with Crippen LogP contribution in [0.15, 0.2) is 0 Å². The number of methoxy groups -OCH3 is 1. The molecule has 0 heterocycles. The molecule has 1 saturated carbocycles. The summed E-state index contributed by atoms with van der Waals surface area (Å²) in [4.78, 5) is 11.6. The number of carbonyl (C=O) groups excluding carboxylic acids is 1. The monoisotopic (exact) mass is 318 g/mol. The van der Waals surface area contributed by atoms with Gasteiger partial charge in [0.25, 0.3) is 5.24 Å². The van der Waals surface area contributed by atoms with Crippen LogP contribution < -0.4 is 11.1 Å². The van der Waals surface area contributed by atoms with E-state index in [1.165, 1.54) is 11.8 Å². The van der Waals surface area contributed by atoms with Crippen LogP contribution in [0, 0.1) is 10.8 Å². The molecule has 0 aliphatic heterocycles. The smallest absolute Gasteiger partial charge is 0.278 e. The van der Waals surface area contributed by atoms with Gasteiger partial charge >= 0.3 is 0 Å². The van der Waals surface area contributed by atoms with Crippen molar-refractivity contribution < 1.29 is 9.53 Å². The van der Waals surface area contributed by atoms with Crippen molar-refractivity contribution in [2.75, 3.05) is 13.4 Å². The fourth-order valence-corrected chi connectivity index (χ4v) is 4.08. The topological polar surface area (TPSA) is 64.3 Å². The number of thiocarbonyl (C=S) groups is 1. The fraction of sp³-hybridized carbons (Fsp3) is 0.857. The summed E-state index contributed by atoms with van der Waals surface area (Å²) < 4.78 is 5.15. The Labute approximate surface area is 131 Å². The van der Waals surface area contributed by atoms with Crippen LogP contribution in [0.25, 0.3) is 0 Å². The summed E-state index contributed by atoms with van der Waals surface area (Å²) in [5.74, 6) is 0. The highest BCUT2D eigenvalue weighted by Crippen LogP contribution is 2.47. The maximum Gasteiger partial charge on any atom is 0.278 e. The average molecular weight is 319 g/mol. The lowest BCUT2D eigenvalue weighted by Crippen LogP contribution is -2.55. The highest BCUT2D eigenvalue weighted by Gasteiger charge is 2.46. The second-order valence-corrected chi connectivity index (χ2v) is 7.92. The number of amides is 1. The molecule has 0 radical (unpaired) electrons. The van der Waals surface area contributed by atoms with E-state index < -0.39 is 0 Å². The van der Waals surface area contributed by atoms with Gasteiger partial charge in [-0.25, -0.2) is 0 Å². The van der Waals surface area contributed by atoms with Gasteiger partial charge in [0.05, 0.1) is 13.2 Å². The zero-order valence-corrected chi connectivity index (χ0v) is 14.6. The third-order valence-electron chi connectivity index (χ3n) is 4.11. The highest BCUT2D eigenvalue weighted by molar-refractivity contribution is 8.12. The Kier molecular flexibility index (Phi) is 5.87. The molecular weight excluding hydrogens is 292 g/mol. The van der Waals surface area contributed by atoms with E-state index in [9.17, 15) is 4.79 Å². The van der Waals surface area contributed by atoms with Crippen molar-refractivity contribution in [3.8, 4) is 0 Å². The normalized spacial score (nSPS) is 30.4. The molecule has 3 atom stereocenters. The summed E-state index contributed by atoms with van der Waals surface area (Å²) in [6.45, 7) is 6.57. The van der Waals surface area contributed by atoms with Gasteiger partial charge in [0.2, 0.25) is 0 Å². The average Bonchev–Trinajstić information content (AvgIpc) is 2.34. The predicted molar refractivity (Wildman–Crippen MR) is 89.2 cm³/mol. The minimum atomic E-state index is -0.296. The van der Waals surface area contributed by atoms with Crippen molar-refractivity contribution in [2.24, 2.45) is 16.6 Å². The number of nitrogens with one attached hydrogen (secondary N) is 1. The molecule has 1 rings (SSSR count). The van der Waals surface area contributed by atoms with Gasteiger partial charge in [0, 0.05) is 6.04 Å². The van der Waals surface area contributed by atoms with E-state index in [-0.39, 0.29) is 28.2 Å². The van der Waals surface area contributed by atoms with Crippen LogP contribution in [-0.4, -0.2) is 35.7 Å². The van der Waals surface area contributed by atoms with Gasteiger partial charge in [-0.05, 0) is 48.6 Å². The van der Waals surface area contributed by atoms with Gasteiger partial charge in [-0.15, -0.1) is 0 Å². The third kappa shape index (κ3) is 4.33. The van der Waals surface area contributed by atoms with E-state index in [1.54, 1.807) is 13.4 Å². The van der Waals surface area contributed by atoms with Crippen LogP contribution in [0.3, 0.4) is 0 Å². The van der Waals surface area contributed by atoms with Crippen LogP contribution in [0.5, 0.6) is 0 Å². The lowest BCUT2D eigenvalue weighted by atomic mass is 9.60. The summed E-state index contributed by atoms with van der Waals surface area (Å²) >= 11 is 6.42. The zero-order valence-electron chi connectivity index (χ0n) is 13.0. The predicted octanol–water partition coefficient (Wildman–Crippen LogP) is 2.95. The molecule has 3 N–H and O–H groups in total. The van der Waals surface area contributed by atoms with Gasteiger partial charge in [0.1, 0.15) is 0 Å². The van der Waals surface area contributed by atoms with Gasteiger partial charge < -0.3 is 15.8 Å². The Morgan fingerprint density at radius 3 is 2.55 bits per heavy atom. The number of ether oxygens (including phenoxy) is 1. The lowest BCUT2D eigenvalue weighted by Gasteiger charge is -2.49. The van der Waals surface area contributed by atoms with Crippen LogP contribution in [-0.2, 0) is 4.74 Å². The number of rotatable bonds is 3. The molecule has 0 aromatic carbocycles. The summed E-state index contributed by atoms with van der Waals surface area (Å²) in [5, 5.41) is 3.53. The molecular formula is C14H26N2O2S2. The van der Waals surface area contributed by atoms with Crippen LogP contribution >= 0.6 is 24.0 Å². The van der Waals surface area contributed by atoms with Crippen molar-refractivity contribution in [1.29, 1.82) is 0 Å². The fourth-order valence-electron chi connectivity index (χ4n) is 3.52. The lowest BCUT2D eigenvalue weighted by molar-refractivity contribution is 0.0656. The summed E-state index contributed by atoms with van der Waals surface area (Å²) in [6.07, 6.45) is 4.54. The van der Waals surface area contributed by atoms with E-state index >= 15 is 0 Å². The van der Waals surface area contributed by atoms with Crippen molar-refractivity contribution in [3.63, 3.8) is 0 Å². The van der Waals surface area contributed by atoms with E-state index in [4.69, 9.17) is 22.7 Å². The van der Waals surface area contributed by atoms with E-state index in [1.807, 2.05) is 0 Å². The van der Waals surface area contributed by atoms with E-state index in [0.29, 0.717) is 5.05 Å². The molecule has 0 saturated heterocycles. The third-order valence-corrected chi connectivity index (χ3v) is 5.02. The van der Waals surface area contributed by atoms with Gasteiger partial charge in [-0.1, -0.05) is 32.5 Å². The summed E-state index contributed by atoms with van der Waals surface area (Å²) in [6, 6.07) is -0.162. The number of nitrogens with two attached hydrogens (primary N) is 1. The van der Waals surface area contributed by atoms with Crippen molar-refractivity contribution in [2.45, 2.75) is 52.1 Å². The maximum atomic E-state index is 11.6. The van der Waals surface area contributed by atoms with E-state index in [2.05, 4.69) is 26.1 Å². The van der Waals surface area contributed by atoms with E-state index in [0.717, 1.165) is 19.3 Å². The van der Waals surface area contributed by atoms with Gasteiger partial charge in [-0.2, -0.15) is 0 Å². The number of hydrogen-bond acceptors (Lipinski definition) is 5. The largest absolute Gasteiger partial charge is 0.489 e. The molecule has 6 heteroatoms. The van der Waals surface area contributed by atoms with Crippen LogP contribution in [0.1, 0.15) is 40.0 Å². The Hall–Kier alpha value is -0.330. The highest BCUT2D eigenvalue weighted by atomic mass is 32.2. The Bertz CT molecular complexity index is 387. The molecule has 0 bridgehead atoms. The van der Waals surface area contributed by atoms with Crippen molar-refractivity contribution in [1.82, 2.24) is 5.32 Å². The molecule has 4 nitrogen and oxygen atoms in total. The SMILES string of the molecule is COC(=S)C(N)C1(C)CC(NC(=O)SC)CC(C)(C)C1. The molecule has 3 unspecified atom stereocenters. The molecule has 1 amide bonds. The minimum Gasteiger partial charge on any atom is -0.489 e. The Balaban J connectivity index is 2.90. The number of thioether (sulfide) groups is 1. The van der Waals surface area contributed by atoms with Gasteiger partial charge in [-0.3, -0.25) is 4.79 Å². The maximum absolute atomic E-state index is 11.6. The first kappa shape index (κ1) is 17.7. The summed E-state index contributed by atoms with van der Waals surface area (Å²) in [7, 11) is 1.56. The Morgan fingerprint density at radius 1 is 1.45 bits per heavy atom. The molecule has 1 aliphatic rings. The molecule has 0 aromatic rings. The van der Waals surface area contributed by atoms with Crippen LogP contribution in [0.2, 0.25) is 0 Å². The first-order chi connectivity index (χ1) is 9.13. The molecule has 1 aliphatic carbocycles. The molecule has 1 fully saturated rings. The minimum absolute atomic E-state index is 0.0120. The zero-order chi connectivity index (χ0) is 15.6. The first-order valence-corrected chi connectivity index (χ1v) is 8.45. The first-order valence-electron chi connectivity index (χ1n) is 6.81. The second-order valence-electron chi connectivity index (χ2n) is 6.74. The van der Waals surface area contributed by atoms with Crippen molar-refractivity contribution in [3.05, 3.63) is 0 Å². The number of hydrogen-bond donors (Lipinski definition) is 2. The standard InChI is InChI=1S/C14H26N2O2S2/c1-13(2)6-9(16-12(17)20-5)7-14(3,8-13)10(15)11(19)18-4/h9-10H,6-8,15H2,1-5H3,(H,16,17). The Morgan fingerprint density at radius 2 is 2.05 bits per heavy atom. The summed E-state index contributed by atoms with van der Waals surface area (Å²) in [5.41, 5.74) is 6.25. The second kappa shape index (κ2) is 6.62. The molecule has 116 valence electrons. The van der Waals surface area contributed by atoms with Gasteiger partial charge in [0.15, 0.2) is 5.05 Å². The quantitative estimate of drug-likeness (QED) is 0.783. The van der Waals surface area contributed by atoms with Crippen molar-refractivity contribution >= 4 is 34.3 Å². The van der Waals surface area contributed by atoms with Crippen LogP contribution in [0.4, 0.5) is 4.79 Å². The molecule has 0 spiro atoms. The molecule has 0 aromatic heterocycles. The molecule has 20 heavy (non-hydrogen) atoms.